The molecular formula is C20H20N8. The summed E-state index contributed by atoms with van der Waals surface area (Å²) in [6, 6.07) is 4.04. The fourth-order valence-corrected chi connectivity index (χ4v) is 4.67. The molecule has 0 bridgehead atoms. The first-order valence-electron chi connectivity index (χ1n) is 9.43. The summed E-state index contributed by atoms with van der Waals surface area (Å²) < 4.78 is 2.13. The van der Waals surface area contributed by atoms with E-state index in [0.29, 0.717) is 17.5 Å². The first-order chi connectivity index (χ1) is 13.5. The van der Waals surface area contributed by atoms with Gasteiger partial charge in [-0.05, 0) is 36.7 Å². The standard InChI is InChI=1S/C20H20N8/c1-20(2)7-12(5-13-9-24-14(8-21)10-23-13)6-15(20)19-27-26-17-11-25-18-16(28(17)19)3-4-22-18/h3-4,9-12,15,22H,5-7H2,1-2H3/t12-,15-/m1/s1. The molecule has 4 aromatic heterocycles. The van der Waals surface area contributed by atoms with E-state index in [0.717, 1.165) is 47.6 Å². The molecule has 28 heavy (non-hydrogen) atoms. The van der Waals surface area contributed by atoms with Crippen LogP contribution in [0.5, 0.6) is 0 Å². The minimum absolute atomic E-state index is 0.0968. The molecule has 0 aromatic carbocycles. The predicted molar refractivity (Wildman–Crippen MR) is 102 cm³/mol. The molecule has 5 rings (SSSR count). The molecule has 8 nitrogen and oxygen atoms in total. The lowest BCUT2D eigenvalue weighted by molar-refractivity contribution is 0.313. The van der Waals surface area contributed by atoms with Gasteiger partial charge in [-0.15, -0.1) is 10.2 Å². The second-order valence-electron chi connectivity index (χ2n) is 8.28. The molecular weight excluding hydrogens is 352 g/mol. The van der Waals surface area contributed by atoms with Gasteiger partial charge in [-0.25, -0.2) is 9.97 Å². The molecule has 4 aromatic rings. The smallest absolute Gasteiger partial charge is 0.179 e. The summed E-state index contributed by atoms with van der Waals surface area (Å²) >= 11 is 0. The van der Waals surface area contributed by atoms with Crippen LogP contribution in [0.2, 0.25) is 0 Å². The number of rotatable bonds is 3. The number of nitrogens with zero attached hydrogens (tertiary/aromatic N) is 7. The van der Waals surface area contributed by atoms with Gasteiger partial charge in [0, 0.05) is 18.3 Å². The molecule has 0 saturated heterocycles. The Morgan fingerprint density at radius 3 is 2.89 bits per heavy atom. The van der Waals surface area contributed by atoms with E-state index in [2.05, 4.69) is 48.4 Å². The fraction of sp³-hybridized carbons (Fsp3) is 0.400. The first-order valence-corrected chi connectivity index (χ1v) is 9.43. The van der Waals surface area contributed by atoms with Crippen LogP contribution in [0.25, 0.3) is 16.8 Å². The number of nitrogens with one attached hydrogen (secondary N) is 1. The van der Waals surface area contributed by atoms with E-state index < -0.39 is 0 Å². The van der Waals surface area contributed by atoms with Crippen LogP contribution < -0.4 is 0 Å². The molecule has 1 aliphatic rings. The Labute approximate surface area is 161 Å². The summed E-state index contributed by atoms with van der Waals surface area (Å²) in [7, 11) is 0. The first kappa shape index (κ1) is 16.8. The maximum atomic E-state index is 8.89. The van der Waals surface area contributed by atoms with Crippen molar-refractivity contribution < 1.29 is 0 Å². The topological polar surface area (TPSA) is 108 Å². The van der Waals surface area contributed by atoms with Crippen LogP contribution in [-0.2, 0) is 6.42 Å². The third kappa shape index (κ3) is 2.62. The van der Waals surface area contributed by atoms with Gasteiger partial charge in [0.2, 0.25) is 0 Å². The van der Waals surface area contributed by atoms with Crippen LogP contribution >= 0.6 is 0 Å². The van der Waals surface area contributed by atoms with Crippen LogP contribution in [0.4, 0.5) is 0 Å². The molecule has 0 radical (unpaired) electrons. The highest BCUT2D eigenvalue weighted by molar-refractivity contribution is 5.74. The average Bonchev–Trinajstić information content (AvgIpc) is 3.38. The highest BCUT2D eigenvalue weighted by Gasteiger charge is 2.43. The molecule has 1 fully saturated rings. The van der Waals surface area contributed by atoms with Crippen molar-refractivity contribution in [3.63, 3.8) is 0 Å². The Balaban J connectivity index is 1.48. The number of nitriles is 1. The van der Waals surface area contributed by atoms with Crippen LogP contribution in [0.3, 0.4) is 0 Å². The van der Waals surface area contributed by atoms with Crippen molar-refractivity contribution in [1.29, 1.82) is 5.26 Å². The molecule has 8 heteroatoms. The number of hydrogen-bond acceptors (Lipinski definition) is 6. The van der Waals surface area contributed by atoms with Gasteiger partial charge in [0.15, 0.2) is 17.0 Å². The van der Waals surface area contributed by atoms with Crippen molar-refractivity contribution in [2.24, 2.45) is 11.3 Å². The number of aromatic amines is 1. The number of aromatic nitrogens is 7. The van der Waals surface area contributed by atoms with Gasteiger partial charge in [-0.3, -0.25) is 9.38 Å². The Morgan fingerprint density at radius 1 is 1.21 bits per heavy atom. The molecule has 0 spiro atoms. The van der Waals surface area contributed by atoms with E-state index in [-0.39, 0.29) is 5.41 Å². The molecule has 140 valence electrons. The monoisotopic (exact) mass is 372 g/mol. The zero-order valence-corrected chi connectivity index (χ0v) is 15.8. The van der Waals surface area contributed by atoms with Crippen molar-refractivity contribution in [2.45, 2.75) is 39.0 Å². The number of hydrogen-bond donors (Lipinski definition) is 1. The molecule has 0 unspecified atom stereocenters. The molecule has 1 aliphatic carbocycles. The summed E-state index contributed by atoms with van der Waals surface area (Å²) in [5.74, 6) is 1.78. The molecule has 1 saturated carbocycles. The van der Waals surface area contributed by atoms with Crippen molar-refractivity contribution in [3.05, 3.63) is 48.1 Å². The lowest BCUT2D eigenvalue weighted by Crippen LogP contribution is -2.18. The van der Waals surface area contributed by atoms with Gasteiger partial charge in [0.1, 0.15) is 11.9 Å². The SMILES string of the molecule is CC1(C)C[C@H](Cc2cnc(C#N)cn2)C[C@@H]1c1nnc2cnc3[nH]ccc3n12. The third-order valence-electron chi connectivity index (χ3n) is 5.92. The molecule has 4 heterocycles. The summed E-state index contributed by atoms with van der Waals surface area (Å²) in [6.45, 7) is 4.61. The number of fused-ring (bicyclic) bond motifs is 3. The van der Waals surface area contributed by atoms with Crippen molar-refractivity contribution >= 4 is 16.8 Å². The Bertz CT molecular complexity index is 1190. The Hall–Kier alpha value is -3.34. The Kier molecular flexibility index (Phi) is 3.66. The zero-order valence-electron chi connectivity index (χ0n) is 15.8. The molecule has 0 aliphatic heterocycles. The summed E-state index contributed by atoms with van der Waals surface area (Å²) in [5, 5.41) is 17.8. The number of H-pyrrole nitrogens is 1. The van der Waals surface area contributed by atoms with Gasteiger partial charge >= 0.3 is 0 Å². The predicted octanol–water partition coefficient (Wildman–Crippen LogP) is 3.03. The van der Waals surface area contributed by atoms with E-state index >= 15 is 0 Å². The minimum Gasteiger partial charge on any atom is -0.345 e. The van der Waals surface area contributed by atoms with Gasteiger partial charge in [-0.2, -0.15) is 5.26 Å². The quantitative estimate of drug-likeness (QED) is 0.592. The van der Waals surface area contributed by atoms with E-state index in [1.807, 2.05) is 18.3 Å². The molecule has 2 atom stereocenters. The highest BCUT2D eigenvalue weighted by Crippen LogP contribution is 2.52. The van der Waals surface area contributed by atoms with E-state index in [9.17, 15) is 0 Å². The van der Waals surface area contributed by atoms with Gasteiger partial charge in [-0.1, -0.05) is 13.8 Å². The van der Waals surface area contributed by atoms with Crippen LogP contribution in [0, 0.1) is 22.7 Å². The van der Waals surface area contributed by atoms with Crippen molar-refractivity contribution in [1.82, 2.24) is 34.5 Å². The van der Waals surface area contributed by atoms with Crippen LogP contribution in [-0.4, -0.2) is 34.5 Å². The normalized spacial score (nSPS) is 21.3. The molecule has 0 amide bonds. The lowest BCUT2D eigenvalue weighted by atomic mass is 9.81. The summed E-state index contributed by atoms with van der Waals surface area (Å²) in [6.07, 6.45) is 9.89. The van der Waals surface area contributed by atoms with Crippen LogP contribution in [0.1, 0.15) is 49.8 Å². The highest BCUT2D eigenvalue weighted by atomic mass is 15.3. The third-order valence-corrected chi connectivity index (χ3v) is 5.92. The van der Waals surface area contributed by atoms with Gasteiger partial charge in [0.05, 0.1) is 23.6 Å². The minimum atomic E-state index is 0.0968. The molecule has 1 N–H and O–H groups in total. The van der Waals surface area contributed by atoms with Crippen molar-refractivity contribution in [2.75, 3.05) is 0 Å². The van der Waals surface area contributed by atoms with Gasteiger partial charge < -0.3 is 4.98 Å². The lowest BCUT2D eigenvalue weighted by Gasteiger charge is -2.25. The second-order valence-corrected chi connectivity index (χ2v) is 8.28. The fourth-order valence-electron chi connectivity index (χ4n) is 4.67. The largest absolute Gasteiger partial charge is 0.345 e. The average molecular weight is 372 g/mol. The van der Waals surface area contributed by atoms with E-state index in [1.165, 1.54) is 0 Å². The van der Waals surface area contributed by atoms with Crippen LogP contribution in [0.15, 0.2) is 30.9 Å². The van der Waals surface area contributed by atoms with E-state index in [1.54, 1.807) is 18.6 Å². The summed E-state index contributed by atoms with van der Waals surface area (Å²) in [4.78, 5) is 16.1. The maximum Gasteiger partial charge on any atom is 0.179 e. The van der Waals surface area contributed by atoms with E-state index in [4.69, 9.17) is 5.26 Å². The van der Waals surface area contributed by atoms with Crippen molar-refractivity contribution in [3.8, 4) is 6.07 Å². The zero-order chi connectivity index (χ0) is 19.3. The maximum absolute atomic E-state index is 8.89. The Morgan fingerprint density at radius 2 is 2.11 bits per heavy atom. The summed E-state index contributed by atoms with van der Waals surface area (Å²) in [5.41, 5.74) is 4.01. The second kappa shape index (κ2) is 6.09. The van der Waals surface area contributed by atoms with Gasteiger partial charge in [0.25, 0.3) is 0 Å².